The van der Waals surface area contributed by atoms with Crippen LogP contribution in [0.2, 0.25) is 0 Å². The first-order chi connectivity index (χ1) is 11.7. The standard InChI is InChI=1S/C19H22F2N2O/c1-24-18-5-3-2-4-16(18)17-12-22-10-11-23(17)13-14-6-8-15(9-7-14)19(20)21/h2-9,17,19,22H,10-13H2,1H3. The van der Waals surface area contributed by atoms with Crippen LogP contribution >= 0.6 is 0 Å². The fraction of sp³-hybridized carbons (Fsp3) is 0.368. The predicted molar refractivity (Wildman–Crippen MR) is 90.4 cm³/mol. The van der Waals surface area contributed by atoms with Gasteiger partial charge in [-0.25, -0.2) is 8.78 Å². The Labute approximate surface area is 141 Å². The van der Waals surface area contributed by atoms with Crippen molar-refractivity contribution in [1.82, 2.24) is 10.2 Å². The minimum atomic E-state index is -2.42. The zero-order chi connectivity index (χ0) is 16.9. The number of rotatable bonds is 5. The van der Waals surface area contributed by atoms with Gasteiger partial charge in [0.1, 0.15) is 5.75 Å². The maximum Gasteiger partial charge on any atom is 0.263 e. The average Bonchev–Trinajstić information content (AvgIpc) is 2.62. The molecule has 0 saturated carbocycles. The molecule has 0 aliphatic carbocycles. The first-order valence-corrected chi connectivity index (χ1v) is 8.13. The van der Waals surface area contributed by atoms with Crippen LogP contribution in [0.4, 0.5) is 8.78 Å². The van der Waals surface area contributed by atoms with E-state index < -0.39 is 6.43 Å². The van der Waals surface area contributed by atoms with Crippen molar-refractivity contribution in [2.75, 3.05) is 26.7 Å². The molecule has 3 rings (SSSR count). The minimum Gasteiger partial charge on any atom is -0.496 e. The molecular formula is C19H22F2N2O. The molecule has 0 amide bonds. The van der Waals surface area contributed by atoms with E-state index in [1.54, 1.807) is 19.2 Å². The largest absolute Gasteiger partial charge is 0.496 e. The first kappa shape index (κ1) is 16.9. The summed E-state index contributed by atoms with van der Waals surface area (Å²) in [7, 11) is 1.68. The molecule has 24 heavy (non-hydrogen) atoms. The maximum absolute atomic E-state index is 12.7. The molecule has 0 radical (unpaired) electrons. The number of hydrogen-bond acceptors (Lipinski definition) is 3. The first-order valence-electron chi connectivity index (χ1n) is 8.13. The van der Waals surface area contributed by atoms with Crippen molar-refractivity contribution in [3.8, 4) is 5.75 Å². The number of methoxy groups -OCH3 is 1. The third-order valence-electron chi connectivity index (χ3n) is 4.47. The van der Waals surface area contributed by atoms with Crippen LogP contribution in [0.1, 0.15) is 29.2 Å². The Kier molecular flexibility index (Phi) is 5.43. The molecule has 0 aromatic heterocycles. The zero-order valence-corrected chi connectivity index (χ0v) is 13.7. The summed E-state index contributed by atoms with van der Waals surface area (Å²) >= 11 is 0. The quantitative estimate of drug-likeness (QED) is 0.902. The number of hydrogen-bond donors (Lipinski definition) is 1. The van der Waals surface area contributed by atoms with Crippen molar-refractivity contribution in [3.63, 3.8) is 0 Å². The van der Waals surface area contributed by atoms with Crippen LogP contribution in [-0.4, -0.2) is 31.6 Å². The van der Waals surface area contributed by atoms with Gasteiger partial charge < -0.3 is 10.1 Å². The van der Waals surface area contributed by atoms with E-state index in [2.05, 4.69) is 16.3 Å². The van der Waals surface area contributed by atoms with Crippen molar-refractivity contribution in [1.29, 1.82) is 0 Å². The molecule has 128 valence electrons. The van der Waals surface area contributed by atoms with Crippen LogP contribution in [0.15, 0.2) is 48.5 Å². The lowest BCUT2D eigenvalue weighted by molar-refractivity contribution is 0.149. The number of para-hydroxylation sites is 1. The molecule has 1 saturated heterocycles. The Hall–Kier alpha value is -1.98. The highest BCUT2D eigenvalue weighted by Crippen LogP contribution is 2.31. The number of piperazine rings is 1. The van der Waals surface area contributed by atoms with E-state index in [1.165, 1.54) is 12.1 Å². The molecule has 3 nitrogen and oxygen atoms in total. The van der Waals surface area contributed by atoms with Crippen molar-refractivity contribution < 1.29 is 13.5 Å². The third kappa shape index (κ3) is 3.74. The van der Waals surface area contributed by atoms with E-state index in [9.17, 15) is 8.78 Å². The van der Waals surface area contributed by atoms with Gasteiger partial charge in [-0.1, -0.05) is 42.5 Å². The fourth-order valence-corrected chi connectivity index (χ4v) is 3.19. The van der Waals surface area contributed by atoms with E-state index in [0.29, 0.717) is 0 Å². The predicted octanol–water partition coefficient (Wildman–Crippen LogP) is 3.78. The van der Waals surface area contributed by atoms with E-state index in [0.717, 1.165) is 43.1 Å². The smallest absolute Gasteiger partial charge is 0.263 e. The molecule has 1 aliphatic heterocycles. The fourth-order valence-electron chi connectivity index (χ4n) is 3.19. The van der Waals surface area contributed by atoms with Crippen molar-refractivity contribution in [2.24, 2.45) is 0 Å². The molecule has 1 N–H and O–H groups in total. The highest BCUT2D eigenvalue weighted by atomic mass is 19.3. The average molecular weight is 332 g/mol. The number of alkyl halides is 2. The summed E-state index contributed by atoms with van der Waals surface area (Å²) in [4.78, 5) is 2.37. The van der Waals surface area contributed by atoms with Gasteiger partial charge >= 0.3 is 0 Å². The van der Waals surface area contributed by atoms with E-state index >= 15 is 0 Å². The van der Waals surface area contributed by atoms with Crippen molar-refractivity contribution >= 4 is 0 Å². The Morgan fingerprint density at radius 2 is 1.92 bits per heavy atom. The van der Waals surface area contributed by atoms with Crippen LogP contribution in [0.25, 0.3) is 0 Å². The van der Waals surface area contributed by atoms with Crippen LogP contribution in [0, 0.1) is 0 Å². The van der Waals surface area contributed by atoms with Gasteiger partial charge in [0.25, 0.3) is 6.43 Å². The third-order valence-corrected chi connectivity index (χ3v) is 4.47. The van der Waals surface area contributed by atoms with Crippen LogP contribution in [-0.2, 0) is 6.54 Å². The Bertz CT molecular complexity index is 661. The molecular weight excluding hydrogens is 310 g/mol. The number of benzene rings is 2. The Morgan fingerprint density at radius 3 is 2.62 bits per heavy atom. The SMILES string of the molecule is COc1ccccc1C1CNCCN1Cc1ccc(C(F)F)cc1. The minimum absolute atomic E-state index is 0.0698. The van der Waals surface area contributed by atoms with E-state index in [4.69, 9.17) is 4.74 Å². The molecule has 2 aromatic rings. The molecule has 1 atom stereocenters. The molecule has 1 unspecified atom stereocenters. The number of nitrogens with one attached hydrogen (secondary N) is 1. The normalized spacial score (nSPS) is 18.8. The number of ether oxygens (including phenoxy) is 1. The summed E-state index contributed by atoms with van der Waals surface area (Å²) in [5, 5.41) is 3.43. The van der Waals surface area contributed by atoms with Gasteiger partial charge in [-0.3, -0.25) is 4.90 Å². The number of nitrogens with zero attached hydrogens (tertiary/aromatic N) is 1. The van der Waals surface area contributed by atoms with Crippen LogP contribution < -0.4 is 10.1 Å². The van der Waals surface area contributed by atoms with Gasteiger partial charge in [-0.15, -0.1) is 0 Å². The zero-order valence-electron chi connectivity index (χ0n) is 13.7. The molecule has 1 aliphatic rings. The highest BCUT2D eigenvalue weighted by Gasteiger charge is 2.26. The van der Waals surface area contributed by atoms with Gasteiger partial charge in [0.05, 0.1) is 13.2 Å². The van der Waals surface area contributed by atoms with Gasteiger partial charge in [0.15, 0.2) is 0 Å². The molecule has 2 aromatic carbocycles. The maximum atomic E-state index is 12.7. The summed E-state index contributed by atoms with van der Waals surface area (Å²) in [6.45, 7) is 3.39. The Morgan fingerprint density at radius 1 is 1.17 bits per heavy atom. The van der Waals surface area contributed by atoms with Crippen LogP contribution in [0.5, 0.6) is 5.75 Å². The van der Waals surface area contributed by atoms with E-state index in [-0.39, 0.29) is 11.6 Å². The molecule has 0 bridgehead atoms. The summed E-state index contributed by atoms with van der Waals surface area (Å²) in [6.07, 6.45) is -2.42. The molecule has 1 heterocycles. The second kappa shape index (κ2) is 7.73. The lowest BCUT2D eigenvalue weighted by atomic mass is 10.0. The second-order valence-corrected chi connectivity index (χ2v) is 5.97. The summed E-state index contributed by atoms with van der Waals surface area (Å²) in [6, 6.07) is 14.9. The Balaban J connectivity index is 1.79. The number of halogens is 2. The summed E-state index contributed by atoms with van der Waals surface area (Å²) in [5.74, 6) is 0.879. The monoisotopic (exact) mass is 332 g/mol. The van der Waals surface area contributed by atoms with Crippen molar-refractivity contribution in [3.05, 3.63) is 65.2 Å². The topological polar surface area (TPSA) is 24.5 Å². The van der Waals surface area contributed by atoms with Crippen LogP contribution in [0.3, 0.4) is 0 Å². The molecule has 5 heteroatoms. The molecule has 0 spiro atoms. The summed E-state index contributed by atoms with van der Waals surface area (Å²) < 4.78 is 30.9. The lowest BCUT2D eigenvalue weighted by Gasteiger charge is -2.37. The second-order valence-electron chi connectivity index (χ2n) is 5.97. The lowest BCUT2D eigenvalue weighted by Crippen LogP contribution is -2.45. The van der Waals surface area contributed by atoms with Gasteiger partial charge in [-0.2, -0.15) is 0 Å². The van der Waals surface area contributed by atoms with E-state index in [1.807, 2.05) is 18.2 Å². The highest BCUT2D eigenvalue weighted by molar-refractivity contribution is 5.36. The van der Waals surface area contributed by atoms with Crippen molar-refractivity contribution in [2.45, 2.75) is 19.0 Å². The van der Waals surface area contributed by atoms with Gasteiger partial charge in [0.2, 0.25) is 0 Å². The van der Waals surface area contributed by atoms with Gasteiger partial charge in [0, 0.05) is 37.3 Å². The summed E-state index contributed by atoms with van der Waals surface area (Å²) in [5.41, 5.74) is 2.26. The molecule has 1 fully saturated rings. The van der Waals surface area contributed by atoms with Gasteiger partial charge in [-0.05, 0) is 11.6 Å².